The first kappa shape index (κ1) is 10.1. The summed E-state index contributed by atoms with van der Waals surface area (Å²) in [5.41, 5.74) is 1.52. The maximum atomic E-state index is 11.4. The van der Waals surface area contributed by atoms with Crippen molar-refractivity contribution in [3.8, 4) is 0 Å². The van der Waals surface area contributed by atoms with Gasteiger partial charge in [-0.2, -0.15) is 12.6 Å². The third-order valence-electron chi connectivity index (χ3n) is 1.68. The molecular formula is C10H12O2S. The van der Waals surface area contributed by atoms with Crippen molar-refractivity contribution < 1.29 is 9.53 Å². The van der Waals surface area contributed by atoms with Gasteiger partial charge in [-0.1, -0.05) is 18.2 Å². The first-order valence-corrected chi connectivity index (χ1v) is 4.78. The number of carbonyl (C=O) groups is 1. The van der Waals surface area contributed by atoms with Crippen LogP contribution in [0.25, 0.3) is 0 Å². The van der Waals surface area contributed by atoms with Gasteiger partial charge in [0.15, 0.2) is 0 Å². The maximum absolute atomic E-state index is 11.4. The molecule has 13 heavy (non-hydrogen) atoms. The largest absolute Gasteiger partial charge is 0.462 e. The van der Waals surface area contributed by atoms with E-state index in [1.54, 1.807) is 13.0 Å². The Hall–Kier alpha value is -0.960. The summed E-state index contributed by atoms with van der Waals surface area (Å²) in [5, 5.41) is 0. The minimum absolute atomic E-state index is 0.271. The molecule has 0 aliphatic carbocycles. The quantitative estimate of drug-likeness (QED) is 0.593. The lowest BCUT2D eigenvalue weighted by atomic mass is 10.1. The van der Waals surface area contributed by atoms with E-state index in [2.05, 4.69) is 12.6 Å². The van der Waals surface area contributed by atoms with Crippen LogP contribution < -0.4 is 0 Å². The number of hydrogen-bond donors (Lipinski definition) is 1. The van der Waals surface area contributed by atoms with E-state index >= 15 is 0 Å². The maximum Gasteiger partial charge on any atom is 0.338 e. The average molecular weight is 196 g/mol. The van der Waals surface area contributed by atoms with E-state index in [0.29, 0.717) is 17.9 Å². The molecule has 0 heterocycles. The van der Waals surface area contributed by atoms with Crippen LogP contribution in [-0.4, -0.2) is 12.6 Å². The smallest absolute Gasteiger partial charge is 0.338 e. The fourth-order valence-corrected chi connectivity index (χ4v) is 1.34. The summed E-state index contributed by atoms with van der Waals surface area (Å²) < 4.78 is 4.90. The molecule has 0 saturated heterocycles. The Morgan fingerprint density at radius 2 is 2.15 bits per heavy atom. The number of esters is 1. The summed E-state index contributed by atoms with van der Waals surface area (Å²) in [6, 6.07) is 7.33. The number of carbonyl (C=O) groups excluding carboxylic acids is 1. The van der Waals surface area contributed by atoms with Crippen molar-refractivity contribution in [1.29, 1.82) is 0 Å². The number of benzene rings is 1. The van der Waals surface area contributed by atoms with Crippen LogP contribution in [0.15, 0.2) is 24.3 Å². The van der Waals surface area contributed by atoms with Gasteiger partial charge in [0.05, 0.1) is 12.2 Å². The van der Waals surface area contributed by atoms with E-state index in [4.69, 9.17) is 4.74 Å². The molecule has 0 N–H and O–H groups in total. The molecule has 3 heteroatoms. The Morgan fingerprint density at radius 1 is 1.46 bits per heavy atom. The Kier molecular flexibility index (Phi) is 3.83. The number of ether oxygens (including phenoxy) is 1. The SMILES string of the molecule is CCOC(=O)c1ccccc1CS. The third kappa shape index (κ3) is 2.49. The topological polar surface area (TPSA) is 26.3 Å². The second-order valence-corrected chi connectivity index (χ2v) is 2.85. The van der Waals surface area contributed by atoms with Crippen molar-refractivity contribution in [2.45, 2.75) is 12.7 Å². The van der Waals surface area contributed by atoms with Crippen molar-refractivity contribution in [3.05, 3.63) is 35.4 Å². The van der Waals surface area contributed by atoms with Gasteiger partial charge in [0, 0.05) is 5.75 Å². The third-order valence-corrected chi connectivity index (χ3v) is 2.02. The predicted molar refractivity (Wildman–Crippen MR) is 55.1 cm³/mol. The molecular weight excluding hydrogens is 184 g/mol. The molecule has 1 rings (SSSR count). The first-order chi connectivity index (χ1) is 6.29. The summed E-state index contributed by atoms with van der Waals surface area (Å²) >= 11 is 4.13. The van der Waals surface area contributed by atoms with Gasteiger partial charge in [-0.25, -0.2) is 4.79 Å². The summed E-state index contributed by atoms with van der Waals surface area (Å²) in [4.78, 5) is 11.4. The van der Waals surface area contributed by atoms with E-state index in [1.165, 1.54) is 0 Å². The van der Waals surface area contributed by atoms with Crippen LogP contribution in [0.5, 0.6) is 0 Å². The zero-order valence-electron chi connectivity index (χ0n) is 7.49. The van der Waals surface area contributed by atoms with Crippen molar-refractivity contribution in [3.63, 3.8) is 0 Å². The zero-order chi connectivity index (χ0) is 9.68. The molecule has 0 saturated carbocycles. The monoisotopic (exact) mass is 196 g/mol. The van der Waals surface area contributed by atoms with Gasteiger partial charge in [0.1, 0.15) is 0 Å². The number of thiol groups is 1. The molecule has 2 nitrogen and oxygen atoms in total. The average Bonchev–Trinajstić information content (AvgIpc) is 2.18. The lowest BCUT2D eigenvalue weighted by Crippen LogP contribution is -2.07. The highest BCUT2D eigenvalue weighted by atomic mass is 32.1. The van der Waals surface area contributed by atoms with Gasteiger partial charge in [0.2, 0.25) is 0 Å². The summed E-state index contributed by atoms with van der Waals surface area (Å²) in [6.07, 6.45) is 0. The molecule has 1 aromatic carbocycles. The minimum atomic E-state index is -0.271. The fraction of sp³-hybridized carbons (Fsp3) is 0.300. The van der Waals surface area contributed by atoms with Crippen LogP contribution in [0, 0.1) is 0 Å². The fourth-order valence-electron chi connectivity index (χ4n) is 1.07. The highest BCUT2D eigenvalue weighted by Gasteiger charge is 2.09. The van der Waals surface area contributed by atoms with Gasteiger partial charge < -0.3 is 4.74 Å². The second kappa shape index (κ2) is 4.92. The molecule has 0 aliphatic rings. The summed E-state index contributed by atoms with van der Waals surface area (Å²) in [5.74, 6) is 0.279. The normalized spacial score (nSPS) is 9.69. The second-order valence-electron chi connectivity index (χ2n) is 2.54. The van der Waals surface area contributed by atoms with Crippen molar-refractivity contribution in [1.82, 2.24) is 0 Å². The highest BCUT2D eigenvalue weighted by Crippen LogP contribution is 2.12. The van der Waals surface area contributed by atoms with E-state index in [9.17, 15) is 4.79 Å². The van der Waals surface area contributed by atoms with Crippen LogP contribution in [0.2, 0.25) is 0 Å². The number of rotatable bonds is 3. The lowest BCUT2D eigenvalue weighted by Gasteiger charge is -2.05. The van der Waals surface area contributed by atoms with Crippen molar-refractivity contribution in [2.24, 2.45) is 0 Å². The molecule has 0 aromatic heterocycles. The standard InChI is InChI=1S/C10H12O2S/c1-2-12-10(11)9-6-4-3-5-8(9)7-13/h3-6,13H,2,7H2,1H3. The molecule has 0 radical (unpaired) electrons. The van der Waals surface area contributed by atoms with Crippen molar-refractivity contribution >= 4 is 18.6 Å². The van der Waals surface area contributed by atoms with Gasteiger partial charge in [0.25, 0.3) is 0 Å². The Morgan fingerprint density at radius 3 is 2.77 bits per heavy atom. The highest BCUT2D eigenvalue weighted by molar-refractivity contribution is 7.79. The molecule has 0 fully saturated rings. The molecule has 0 amide bonds. The molecule has 0 atom stereocenters. The number of hydrogen-bond acceptors (Lipinski definition) is 3. The van der Waals surface area contributed by atoms with Gasteiger partial charge >= 0.3 is 5.97 Å². The summed E-state index contributed by atoms with van der Waals surface area (Å²) in [6.45, 7) is 2.20. The summed E-state index contributed by atoms with van der Waals surface area (Å²) in [7, 11) is 0. The molecule has 0 bridgehead atoms. The predicted octanol–water partition coefficient (Wildman–Crippen LogP) is 2.29. The van der Waals surface area contributed by atoms with Crippen LogP contribution in [0.1, 0.15) is 22.8 Å². The Labute approximate surface area is 83.3 Å². The molecule has 70 valence electrons. The van der Waals surface area contributed by atoms with Crippen LogP contribution in [0.3, 0.4) is 0 Å². The molecule has 1 aromatic rings. The van der Waals surface area contributed by atoms with E-state index in [1.807, 2.05) is 18.2 Å². The molecule has 0 spiro atoms. The van der Waals surface area contributed by atoms with Gasteiger partial charge in [-0.3, -0.25) is 0 Å². The van der Waals surface area contributed by atoms with Gasteiger partial charge in [-0.05, 0) is 18.6 Å². The zero-order valence-corrected chi connectivity index (χ0v) is 8.38. The Balaban J connectivity index is 2.92. The molecule has 0 unspecified atom stereocenters. The van der Waals surface area contributed by atoms with E-state index in [0.717, 1.165) is 5.56 Å². The van der Waals surface area contributed by atoms with Crippen LogP contribution in [-0.2, 0) is 10.5 Å². The minimum Gasteiger partial charge on any atom is -0.462 e. The first-order valence-electron chi connectivity index (χ1n) is 4.15. The van der Waals surface area contributed by atoms with Crippen LogP contribution in [0.4, 0.5) is 0 Å². The molecule has 0 aliphatic heterocycles. The lowest BCUT2D eigenvalue weighted by molar-refractivity contribution is 0.0525. The van der Waals surface area contributed by atoms with Crippen molar-refractivity contribution in [2.75, 3.05) is 6.61 Å². The Bertz CT molecular complexity index is 297. The van der Waals surface area contributed by atoms with Gasteiger partial charge in [-0.15, -0.1) is 0 Å². The van der Waals surface area contributed by atoms with E-state index < -0.39 is 0 Å². The van der Waals surface area contributed by atoms with Crippen LogP contribution >= 0.6 is 12.6 Å². The van der Waals surface area contributed by atoms with E-state index in [-0.39, 0.29) is 5.97 Å².